The molecule has 0 radical (unpaired) electrons. The largest absolute Gasteiger partial charge is 0.495 e. The number of nitrogens with one attached hydrogen (secondary N) is 3. The van der Waals surface area contributed by atoms with Gasteiger partial charge in [0.2, 0.25) is 0 Å². The second-order valence-electron chi connectivity index (χ2n) is 6.24. The summed E-state index contributed by atoms with van der Waals surface area (Å²) < 4.78 is 5.54. The summed E-state index contributed by atoms with van der Waals surface area (Å²) in [6.07, 6.45) is 4.92. The highest BCUT2D eigenvalue weighted by Crippen LogP contribution is 2.35. The van der Waals surface area contributed by atoms with Gasteiger partial charge in [0.05, 0.1) is 35.3 Å². The van der Waals surface area contributed by atoms with E-state index in [-0.39, 0.29) is 0 Å². The third-order valence-corrected chi connectivity index (χ3v) is 4.53. The van der Waals surface area contributed by atoms with Gasteiger partial charge in [0.15, 0.2) is 5.65 Å². The van der Waals surface area contributed by atoms with E-state index >= 15 is 0 Å². The maximum atomic E-state index is 5.54. The standard InChI is InChI=1S/C20H16N8O/c1-29-16-6-5-12(13-4-2-3-8-21-13)10-15(16)25-19-17-18(14-7-9-24-26-14)27-28-20(17)23-11-22-19/h2-11H,1H3,(H,24,26)(H2,22,23,25,27,28). The average molecular weight is 384 g/mol. The zero-order valence-electron chi connectivity index (χ0n) is 15.4. The van der Waals surface area contributed by atoms with E-state index in [1.807, 2.05) is 42.5 Å². The van der Waals surface area contributed by atoms with E-state index in [2.05, 4.69) is 40.7 Å². The van der Waals surface area contributed by atoms with Crippen molar-refractivity contribution in [2.45, 2.75) is 0 Å². The van der Waals surface area contributed by atoms with Gasteiger partial charge in [-0.05, 0) is 36.4 Å². The van der Waals surface area contributed by atoms with Crippen LogP contribution in [0.2, 0.25) is 0 Å². The number of pyridine rings is 1. The minimum Gasteiger partial charge on any atom is -0.495 e. The first-order chi connectivity index (χ1) is 14.3. The molecule has 0 saturated heterocycles. The van der Waals surface area contributed by atoms with Crippen LogP contribution in [0.1, 0.15) is 0 Å². The Balaban J connectivity index is 1.62. The Morgan fingerprint density at radius 1 is 0.966 bits per heavy atom. The fourth-order valence-corrected chi connectivity index (χ4v) is 3.17. The number of aromatic amines is 2. The molecule has 0 aliphatic rings. The van der Waals surface area contributed by atoms with E-state index in [9.17, 15) is 0 Å². The molecule has 9 heteroatoms. The molecule has 0 amide bonds. The van der Waals surface area contributed by atoms with Gasteiger partial charge in [-0.3, -0.25) is 15.2 Å². The number of hydrogen-bond donors (Lipinski definition) is 3. The summed E-state index contributed by atoms with van der Waals surface area (Å²) in [5.41, 5.74) is 4.67. The molecule has 3 N–H and O–H groups in total. The van der Waals surface area contributed by atoms with Crippen molar-refractivity contribution >= 4 is 22.5 Å². The van der Waals surface area contributed by atoms with Crippen molar-refractivity contribution in [2.24, 2.45) is 0 Å². The summed E-state index contributed by atoms with van der Waals surface area (Å²) in [7, 11) is 1.63. The van der Waals surface area contributed by atoms with Crippen LogP contribution in [0.15, 0.2) is 61.2 Å². The Morgan fingerprint density at radius 2 is 1.93 bits per heavy atom. The molecule has 0 spiro atoms. The van der Waals surface area contributed by atoms with Crippen LogP contribution in [0.5, 0.6) is 5.75 Å². The second-order valence-corrected chi connectivity index (χ2v) is 6.24. The number of methoxy groups -OCH3 is 1. The van der Waals surface area contributed by atoms with Gasteiger partial charge in [0.25, 0.3) is 0 Å². The fraction of sp³-hybridized carbons (Fsp3) is 0.0500. The average Bonchev–Trinajstić information content (AvgIpc) is 3.44. The Morgan fingerprint density at radius 3 is 2.72 bits per heavy atom. The molecular formula is C20H16N8O. The molecule has 0 unspecified atom stereocenters. The fourth-order valence-electron chi connectivity index (χ4n) is 3.17. The molecule has 0 bridgehead atoms. The number of anilines is 2. The molecule has 5 rings (SSSR count). The predicted molar refractivity (Wildman–Crippen MR) is 109 cm³/mol. The first-order valence-electron chi connectivity index (χ1n) is 8.89. The SMILES string of the molecule is COc1ccc(-c2ccccn2)cc1Nc1ncnc2n[nH]c(-c3ccn[nH]3)c12. The summed E-state index contributed by atoms with van der Waals surface area (Å²) in [4.78, 5) is 13.1. The molecule has 142 valence electrons. The Kier molecular flexibility index (Phi) is 4.10. The van der Waals surface area contributed by atoms with Gasteiger partial charge in [0.1, 0.15) is 17.9 Å². The minimum atomic E-state index is 0.548. The summed E-state index contributed by atoms with van der Waals surface area (Å²) in [5.74, 6) is 1.29. The molecule has 0 aliphatic heterocycles. The summed E-state index contributed by atoms with van der Waals surface area (Å²) >= 11 is 0. The van der Waals surface area contributed by atoms with Gasteiger partial charge in [-0.25, -0.2) is 9.97 Å². The molecule has 9 nitrogen and oxygen atoms in total. The number of rotatable bonds is 5. The molecule has 0 atom stereocenters. The van der Waals surface area contributed by atoms with E-state index in [1.54, 1.807) is 19.5 Å². The lowest BCUT2D eigenvalue weighted by Gasteiger charge is -2.13. The van der Waals surface area contributed by atoms with Crippen LogP contribution < -0.4 is 10.1 Å². The van der Waals surface area contributed by atoms with Crippen LogP contribution in [0.3, 0.4) is 0 Å². The van der Waals surface area contributed by atoms with Gasteiger partial charge in [-0.2, -0.15) is 10.2 Å². The molecule has 1 aromatic carbocycles. The Labute approximate surface area is 165 Å². The highest BCUT2D eigenvalue weighted by atomic mass is 16.5. The third kappa shape index (κ3) is 3.04. The molecule has 0 aliphatic carbocycles. The van der Waals surface area contributed by atoms with E-state index < -0.39 is 0 Å². The highest BCUT2D eigenvalue weighted by Gasteiger charge is 2.17. The smallest absolute Gasteiger partial charge is 0.186 e. The van der Waals surface area contributed by atoms with Crippen molar-refractivity contribution in [1.29, 1.82) is 0 Å². The van der Waals surface area contributed by atoms with Crippen molar-refractivity contribution < 1.29 is 4.74 Å². The van der Waals surface area contributed by atoms with Crippen LogP contribution in [0.4, 0.5) is 11.5 Å². The van der Waals surface area contributed by atoms with E-state index in [0.29, 0.717) is 17.2 Å². The van der Waals surface area contributed by atoms with Gasteiger partial charge >= 0.3 is 0 Å². The van der Waals surface area contributed by atoms with Crippen molar-refractivity contribution in [3.05, 3.63) is 61.2 Å². The zero-order valence-corrected chi connectivity index (χ0v) is 15.4. The van der Waals surface area contributed by atoms with E-state index in [4.69, 9.17) is 4.74 Å². The van der Waals surface area contributed by atoms with Crippen molar-refractivity contribution in [1.82, 2.24) is 35.3 Å². The maximum absolute atomic E-state index is 5.54. The third-order valence-electron chi connectivity index (χ3n) is 4.53. The second kappa shape index (κ2) is 7.04. The molecular weight excluding hydrogens is 368 g/mol. The lowest BCUT2D eigenvalue weighted by atomic mass is 10.1. The molecule has 5 aromatic rings. The Bertz CT molecular complexity index is 1260. The number of fused-ring (bicyclic) bond motifs is 1. The highest BCUT2D eigenvalue weighted by molar-refractivity contribution is 5.99. The zero-order chi connectivity index (χ0) is 19.6. The van der Waals surface area contributed by atoms with Gasteiger partial charge < -0.3 is 10.1 Å². The lowest BCUT2D eigenvalue weighted by Crippen LogP contribution is -1.99. The summed E-state index contributed by atoms with van der Waals surface area (Å²) in [5, 5.41) is 18.4. The maximum Gasteiger partial charge on any atom is 0.186 e. The number of hydrogen-bond acceptors (Lipinski definition) is 7. The molecule has 0 fully saturated rings. The van der Waals surface area contributed by atoms with E-state index in [0.717, 1.165) is 33.7 Å². The number of H-pyrrole nitrogens is 2. The number of ether oxygens (including phenoxy) is 1. The molecule has 4 aromatic heterocycles. The first-order valence-corrected chi connectivity index (χ1v) is 8.89. The van der Waals surface area contributed by atoms with Crippen LogP contribution in [-0.2, 0) is 0 Å². The normalized spacial score (nSPS) is 10.9. The molecule has 4 heterocycles. The van der Waals surface area contributed by atoms with Crippen molar-refractivity contribution in [3.8, 4) is 28.4 Å². The van der Waals surface area contributed by atoms with Gasteiger partial charge in [-0.15, -0.1) is 0 Å². The number of nitrogens with zero attached hydrogens (tertiary/aromatic N) is 5. The van der Waals surface area contributed by atoms with Gasteiger partial charge in [0, 0.05) is 18.0 Å². The van der Waals surface area contributed by atoms with E-state index in [1.165, 1.54) is 6.33 Å². The monoisotopic (exact) mass is 384 g/mol. The van der Waals surface area contributed by atoms with Crippen LogP contribution in [-0.4, -0.2) is 42.5 Å². The van der Waals surface area contributed by atoms with Crippen molar-refractivity contribution in [3.63, 3.8) is 0 Å². The molecule has 29 heavy (non-hydrogen) atoms. The lowest BCUT2D eigenvalue weighted by molar-refractivity contribution is 0.417. The molecule has 0 saturated carbocycles. The predicted octanol–water partition coefficient (Wildman–Crippen LogP) is 3.56. The number of aromatic nitrogens is 7. The first kappa shape index (κ1) is 16.9. The quantitative estimate of drug-likeness (QED) is 0.424. The van der Waals surface area contributed by atoms with Crippen LogP contribution in [0, 0.1) is 0 Å². The number of benzene rings is 1. The van der Waals surface area contributed by atoms with Crippen LogP contribution >= 0.6 is 0 Å². The van der Waals surface area contributed by atoms with Gasteiger partial charge in [-0.1, -0.05) is 6.07 Å². The van der Waals surface area contributed by atoms with Crippen molar-refractivity contribution in [2.75, 3.05) is 12.4 Å². The summed E-state index contributed by atoms with van der Waals surface area (Å²) in [6, 6.07) is 13.5. The Hall–Kier alpha value is -4.27. The van der Waals surface area contributed by atoms with Crippen LogP contribution in [0.25, 0.3) is 33.7 Å². The topological polar surface area (TPSA) is 117 Å². The minimum absolute atomic E-state index is 0.548. The summed E-state index contributed by atoms with van der Waals surface area (Å²) in [6.45, 7) is 0.